The molecule has 0 aliphatic carbocycles. The van der Waals surface area contributed by atoms with Gasteiger partial charge in [0.25, 0.3) is 11.5 Å². The number of para-hydroxylation sites is 1. The van der Waals surface area contributed by atoms with Crippen LogP contribution >= 0.6 is 11.8 Å². The monoisotopic (exact) mass is 597 g/mol. The molecule has 0 radical (unpaired) electrons. The fourth-order valence-electron chi connectivity index (χ4n) is 6.09. The zero-order chi connectivity index (χ0) is 30.2. The van der Waals surface area contributed by atoms with E-state index < -0.39 is 11.9 Å². The Kier molecular flexibility index (Phi) is 8.41. The first-order valence-electron chi connectivity index (χ1n) is 13.9. The van der Waals surface area contributed by atoms with Crippen molar-refractivity contribution < 1.29 is 18.0 Å². The molecule has 0 spiro atoms. The van der Waals surface area contributed by atoms with Gasteiger partial charge in [-0.1, -0.05) is 18.2 Å². The van der Waals surface area contributed by atoms with Gasteiger partial charge in [-0.15, -0.1) is 11.8 Å². The standard InChI is InChI=1S/C31H34F3N5O2S/c1-18-15-26(42-4)24(29(40)37-18)17-36-30(41)28-20(3)39(25-8-6-5-7-23(25)28)19(2)21-11-13-38(14-12-21)22-9-10-27(35-16-22)31(32,33)34/h5-10,15-16,19,21H,11-14,17H2,1-4H3,(H,36,41)(H,37,40)/t19-/m1/s1. The molecule has 2 N–H and O–H groups in total. The molecule has 3 aromatic heterocycles. The van der Waals surface area contributed by atoms with Gasteiger partial charge in [-0.3, -0.25) is 9.59 Å². The number of nitrogens with one attached hydrogen (secondary N) is 2. The molecular weight excluding hydrogens is 563 g/mol. The van der Waals surface area contributed by atoms with Gasteiger partial charge >= 0.3 is 6.18 Å². The number of alkyl halides is 3. The average molecular weight is 598 g/mol. The molecular formula is C31H34F3N5O2S. The first-order chi connectivity index (χ1) is 20.0. The number of piperidine rings is 1. The Bertz CT molecular complexity index is 1650. The van der Waals surface area contributed by atoms with Crippen molar-refractivity contribution in [2.75, 3.05) is 24.2 Å². The van der Waals surface area contributed by atoms with Crippen molar-refractivity contribution in [2.45, 2.75) is 57.3 Å². The number of carbonyl (C=O) groups is 1. The van der Waals surface area contributed by atoms with Crippen molar-refractivity contribution in [1.29, 1.82) is 0 Å². The highest BCUT2D eigenvalue weighted by molar-refractivity contribution is 7.98. The number of halogens is 3. The predicted octanol–water partition coefficient (Wildman–Crippen LogP) is 6.49. The summed E-state index contributed by atoms with van der Waals surface area (Å²) in [6, 6.07) is 12.4. The van der Waals surface area contributed by atoms with Gasteiger partial charge in [-0.2, -0.15) is 13.2 Å². The van der Waals surface area contributed by atoms with E-state index in [1.54, 1.807) is 0 Å². The minimum atomic E-state index is -4.45. The van der Waals surface area contributed by atoms with Gasteiger partial charge < -0.3 is 19.8 Å². The maximum atomic E-state index is 13.6. The van der Waals surface area contributed by atoms with E-state index in [1.165, 1.54) is 24.0 Å². The highest BCUT2D eigenvalue weighted by Gasteiger charge is 2.33. The largest absolute Gasteiger partial charge is 0.433 e. The number of anilines is 1. The van der Waals surface area contributed by atoms with Crippen LogP contribution in [0.1, 0.15) is 58.8 Å². The van der Waals surface area contributed by atoms with Crippen LogP contribution in [-0.4, -0.2) is 39.8 Å². The van der Waals surface area contributed by atoms with Gasteiger partial charge in [0, 0.05) is 58.4 Å². The molecule has 1 aromatic carbocycles. The van der Waals surface area contributed by atoms with E-state index in [9.17, 15) is 22.8 Å². The van der Waals surface area contributed by atoms with Gasteiger partial charge in [0.15, 0.2) is 0 Å². The quantitative estimate of drug-likeness (QED) is 0.238. The molecule has 222 valence electrons. The van der Waals surface area contributed by atoms with Crippen molar-refractivity contribution in [1.82, 2.24) is 19.9 Å². The number of rotatable bonds is 7. The molecule has 4 heterocycles. The SMILES string of the molecule is CSc1cc(C)[nH]c(=O)c1CNC(=O)c1c(C)n([C@H](C)C2CCN(c3ccc(C(F)(F)F)nc3)CC2)c2ccccc12. The van der Waals surface area contributed by atoms with Gasteiger partial charge in [-0.25, -0.2) is 4.98 Å². The van der Waals surface area contributed by atoms with Gasteiger partial charge in [-0.05, 0) is 70.1 Å². The highest BCUT2D eigenvalue weighted by atomic mass is 32.2. The van der Waals surface area contributed by atoms with Crippen LogP contribution in [0.2, 0.25) is 0 Å². The average Bonchev–Trinajstić information content (AvgIpc) is 3.27. The second kappa shape index (κ2) is 11.9. The number of aryl methyl sites for hydroxylation is 1. The molecule has 1 fully saturated rings. The van der Waals surface area contributed by atoms with Crippen molar-refractivity contribution >= 4 is 34.3 Å². The highest BCUT2D eigenvalue weighted by Crippen LogP contribution is 2.37. The van der Waals surface area contributed by atoms with E-state index in [0.29, 0.717) is 35.8 Å². The third-order valence-corrected chi connectivity index (χ3v) is 9.10. The van der Waals surface area contributed by atoms with E-state index in [0.717, 1.165) is 46.1 Å². The number of aromatic nitrogens is 3. The lowest BCUT2D eigenvalue weighted by molar-refractivity contribution is -0.141. The summed E-state index contributed by atoms with van der Waals surface area (Å²) in [7, 11) is 0. The van der Waals surface area contributed by atoms with E-state index in [-0.39, 0.29) is 24.1 Å². The predicted molar refractivity (Wildman–Crippen MR) is 160 cm³/mol. The van der Waals surface area contributed by atoms with Crippen LogP contribution in [0.3, 0.4) is 0 Å². The van der Waals surface area contributed by atoms with Crippen LogP contribution in [-0.2, 0) is 12.7 Å². The Labute approximate surface area is 246 Å². The van der Waals surface area contributed by atoms with Crippen LogP contribution < -0.4 is 15.8 Å². The van der Waals surface area contributed by atoms with Crippen molar-refractivity contribution in [3.05, 3.63) is 87.2 Å². The zero-order valence-corrected chi connectivity index (χ0v) is 24.8. The van der Waals surface area contributed by atoms with Crippen molar-refractivity contribution in [3.8, 4) is 0 Å². The van der Waals surface area contributed by atoms with E-state index in [2.05, 4.69) is 31.7 Å². The Morgan fingerprint density at radius 2 is 1.88 bits per heavy atom. The Morgan fingerprint density at radius 3 is 2.52 bits per heavy atom. The van der Waals surface area contributed by atoms with E-state index in [1.807, 2.05) is 50.4 Å². The lowest BCUT2D eigenvalue weighted by Gasteiger charge is -2.37. The maximum absolute atomic E-state index is 13.6. The number of fused-ring (bicyclic) bond motifs is 1. The number of aromatic amines is 1. The van der Waals surface area contributed by atoms with Gasteiger partial charge in [0.2, 0.25) is 0 Å². The third-order valence-electron chi connectivity index (χ3n) is 8.29. The lowest BCUT2D eigenvalue weighted by Crippen LogP contribution is -2.36. The number of carbonyl (C=O) groups excluding carboxylic acids is 1. The van der Waals surface area contributed by atoms with Crippen molar-refractivity contribution in [2.24, 2.45) is 5.92 Å². The normalized spacial score (nSPS) is 15.3. The Hall–Kier alpha value is -3.73. The summed E-state index contributed by atoms with van der Waals surface area (Å²) in [6.45, 7) is 7.49. The molecule has 0 bridgehead atoms. The van der Waals surface area contributed by atoms with Crippen LogP contribution in [0.4, 0.5) is 18.9 Å². The number of amides is 1. The fraction of sp³-hybridized carbons (Fsp3) is 0.387. The van der Waals surface area contributed by atoms with Crippen LogP contribution in [0.25, 0.3) is 10.9 Å². The molecule has 7 nitrogen and oxygen atoms in total. The molecule has 1 atom stereocenters. The number of pyridine rings is 2. The minimum Gasteiger partial charge on any atom is -0.370 e. The first-order valence-corrected chi connectivity index (χ1v) is 15.1. The summed E-state index contributed by atoms with van der Waals surface area (Å²) >= 11 is 1.47. The number of hydrogen-bond acceptors (Lipinski definition) is 5. The van der Waals surface area contributed by atoms with Crippen LogP contribution in [0.15, 0.2) is 58.4 Å². The molecule has 1 aliphatic heterocycles. The minimum absolute atomic E-state index is 0.0902. The Morgan fingerprint density at radius 1 is 1.17 bits per heavy atom. The zero-order valence-electron chi connectivity index (χ0n) is 24.0. The van der Waals surface area contributed by atoms with Gasteiger partial charge in [0.05, 0.1) is 17.4 Å². The molecule has 0 saturated carbocycles. The molecule has 11 heteroatoms. The maximum Gasteiger partial charge on any atom is 0.433 e. The second-order valence-electron chi connectivity index (χ2n) is 10.8. The number of H-pyrrole nitrogens is 1. The number of benzene rings is 1. The number of nitrogens with zero attached hydrogens (tertiary/aromatic N) is 3. The summed E-state index contributed by atoms with van der Waals surface area (Å²) in [5.41, 5.74) is 3.33. The molecule has 4 aromatic rings. The number of thioether (sulfide) groups is 1. The Balaban J connectivity index is 1.34. The summed E-state index contributed by atoms with van der Waals surface area (Å²) in [6.07, 6.45) is 0.452. The summed E-state index contributed by atoms with van der Waals surface area (Å²) in [5.74, 6) is 0.0793. The van der Waals surface area contributed by atoms with Crippen LogP contribution in [0, 0.1) is 19.8 Å². The lowest BCUT2D eigenvalue weighted by atomic mass is 9.89. The summed E-state index contributed by atoms with van der Waals surface area (Å²) in [5, 5.41) is 3.84. The van der Waals surface area contributed by atoms with E-state index in [4.69, 9.17) is 0 Å². The molecule has 1 aliphatic rings. The molecule has 42 heavy (non-hydrogen) atoms. The van der Waals surface area contributed by atoms with Crippen molar-refractivity contribution in [3.63, 3.8) is 0 Å². The summed E-state index contributed by atoms with van der Waals surface area (Å²) in [4.78, 5) is 35.6. The molecule has 1 amide bonds. The smallest absolute Gasteiger partial charge is 0.370 e. The first kappa shape index (κ1) is 29.8. The second-order valence-corrected chi connectivity index (χ2v) is 11.7. The topological polar surface area (TPSA) is 83.0 Å². The molecule has 1 saturated heterocycles. The fourth-order valence-corrected chi connectivity index (χ4v) is 6.79. The van der Waals surface area contributed by atoms with E-state index >= 15 is 0 Å². The van der Waals surface area contributed by atoms with Gasteiger partial charge in [0.1, 0.15) is 5.69 Å². The summed E-state index contributed by atoms with van der Waals surface area (Å²) < 4.78 is 41.0. The molecule has 0 unspecified atom stereocenters. The third kappa shape index (κ3) is 5.79. The van der Waals surface area contributed by atoms with Crippen LogP contribution in [0.5, 0.6) is 0 Å². The number of hydrogen-bond donors (Lipinski definition) is 2. The molecule has 5 rings (SSSR count).